The van der Waals surface area contributed by atoms with Crippen LogP contribution in [0.4, 0.5) is 0 Å². The van der Waals surface area contributed by atoms with Gasteiger partial charge in [0.1, 0.15) is 6.61 Å². The van der Waals surface area contributed by atoms with Crippen molar-refractivity contribution in [3.63, 3.8) is 0 Å². The standard InChI is InChI=1S/C12H20O2/c1-3-4-5-6-7-11-8-12(11)9-14-10(2)13/h8,12H,3-7,9H2,1-2H3/t12-/m0/s1. The molecule has 1 atom stereocenters. The molecule has 0 amide bonds. The fraction of sp³-hybridized carbons (Fsp3) is 0.750. The summed E-state index contributed by atoms with van der Waals surface area (Å²) in [5, 5.41) is 0. The molecule has 0 radical (unpaired) electrons. The molecule has 0 aliphatic heterocycles. The van der Waals surface area contributed by atoms with Gasteiger partial charge >= 0.3 is 5.97 Å². The number of hydrogen-bond acceptors (Lipinski definition) is 2. The van der Waals surface area contributed by atoms with Crippen molar-refractivity contribution in [3.05, 3.63) is 11.6 Å². The highest BCUT2D eigenvalue weighted by atomic mass is 16.5. The molecule has 0 N–H and O–H groups in total. The first-order valence-electron chi connectivity index (χ1n) is 5.58. The van der Waals surface area contributed by atoms with Gasteiger partial charge < -0.3 is 4.74 Å². The van der Waals surface area contributed by atoms with Crippen LogP contribution in [0.25, 0.3) is 0 Å². The van der Waals surface area contributed by atoms with Gasteiger partial charge in [-0.05, 0) is 12.8 Å². The van der Waals surface area contributed by atoms with E-state index in [-0.39, 0.29) is 5.97 Å². The van der Waals surface area contributed by atoms with E-state index >= 15 is 0 Å². The minimum absolute atomic E-state index is 0.171. The third-order valence-corrected chi connectivity index (χ3v) is 2.57. The first-order chi connectivity index (χ1) is 6.74. The number of esters is 1. The lowest BCUT2D eigenvalue weighted by atomic mass is 10.1. The maximum Gasteiger partial charge on any atom is 0.302 e. The molecule has 0 saturated heterocycles. The highest BCUT2D eigenvalue weighted by molar-refractivity contribution is 5.66. The monoisotopic (exact) mass is 196 g/mol. The maximum atomic E-state index is 10.5. The average molecular weight is 196 g/mol. The quantitative estimate of drug-likeness (QED) is 0.355. The van der Waals surface area contributed by atoms with Crippen LogP contribution in [0.3, 0.4) is 0 Å². The largest absolute Gasteiger partial charge is 0.465 e. The minimum atomic E-state index is -0.171. The van der Waals surface area contributed by atoms with Gasteiger partial charge in [0, 0.05) is 12.8 Å². The van der Waals surface area contributed by atoms with Crippen LogP contribution in [0, 0.1) is 5.92 Å². The SMILES string of the molecule is CCCCCCC1=C[C@H]1COC(C)=O. The molecule has 0 aromatic heterocycles. The van der Waals surface area contributed by atoms with E-state index in [9.17, 15) is 4.79 Å². The molecule has 0 aromatic rings. The van der Waals surface area contributed by atoms with Gasteiger partial charge in [0.05, 0.1) is 0 Å². The van der Waals surface area contributed by atoms with Crippen LogP contribution in [0.1, 0.15) is 46.0 Å². The first kappa shape index (κ1) is 11.3. The van der Waals surface area contributed by atoms with E-state index < -0.39 is 0 Å². The van der Waals surface area contributed by atoms with Crippen LogP contribution in [-0.4, -0.2) is 12.6 Å². The third-order valence-electron chi connectivity index (χ3n) is 2.57. The van der Waals surface area contributed by atoms with E-state index in [0.717, 1.165) is 0 Å². The van der Waals surface area contributed by atoms with Gasteiger partial charge in [-0.3, -0.25) is 4.79 Å². The number of carbonyl (C=O) groups excluding carboxylic acids is 1. The Bertz CT molecular complexity index is 218. The Labute approximate surface area is 86.3 Å². The van der Waals surface area contributed by atoms with Crippen LogP contribution in [0.2, 0.25) is 0 Å². The molecule has 0 heterocycles. The second-order valence-electron chi connectivity index (χ2n) is 3.96. The fourth-order valence-corrected chi connectivity index (χ4v) is 1.60. The van der Waals surface area contributed by atoms with E-state index in [2.05, 4.69) is 13.0 Å². The highest BCUT2D eigenvalue weighted by Gasteiger charge is 2.24. The molecule has 0 saturated carbocycles. The van der Waals surface area contributed by atoms with Gasteiger partial charge in [-0.2, -0.15) is 0 Å². The summed E-state index contributed by atoms with van der Waals surface area (Å²) in [5.74, 6) is 0.302. The van der Waals surface area contributed by atoms with Gasteiger partial charge in [0.25, 0.3) is 0 Å². The molecule has 0 aromatic carbocycles. The Morgan fingerprint density at radius 2 is 2.21 bits per heavy atom. The molecule has 0 spiro atoms. The molecular weight excluding hydrogens is 176 g/mol. The Kier molecular flexibility index (Phi) is 4.71. The number of carbonyl (C=O) groups is 1. The van der Waals surface area contributed by atoms with Crippen molar-refractivity contribution in [1.29, 1.82) is 0 Å². The van der Waals surface area contributed by atoms with Crippen molar-refractivity contribution in [2.24, 2.45) is 5.92 Å². The Morgan fingerprint density at radius 1 is 1.43 bits per heavy atom. The van der Waals surface area contributed by atoms with Gasteiger partial charge in [-0.1, -0.05) is 37.8 Å². The van der Waals surface area contributed by atoms with E-state index in [0.29, 0.717) is 12.5 Å². The third kappa shape index (κ3) is 4.45. The summed E-state index contributed by atoms with van der Waals surface area (Å²) >= 11 is 0. The highest BCUT2D eigenvalue weighted by Crippen LogP contribution is 2.33. The molecule has 2 nitrogen and oxygen atoms in total. The summed E-state index contributed by atoms with van der Waals surface area (Å²) in [6.45, 7) is 4.25. The smallest absolute Gasteiger partial charge is 0.302 e. The Balaban J connectivity index is 1.92. The van der Waals surface area contributed by atoms with Crippen molar-refractivity contribution in [1.82, 2.24) is 0 Å². The van der Waals surface area contributed by atoms with E-state index in [4.69, 9.17) is 4.74 Å². The molecule has 1 aliphatic carbocycles. The zero-order chi connectivity index (χ0) is 10.4. The second kappa shape index (κ2) is 5.84. The van der Waals surface area contributed by atoms with Crippen molar-refractivity contribution < 1.29 is 9.53 Å². The molecule has 0 fully saturated rings. The van der Waals surface area contributed by atoms with Gasteiger partial charge in [0.2, 0.25) is 0 Å². The molecule has 0 unspecified atom stereocenters. The second-order valence-corrected chi connectivity index (χ2v) is 3.96. The summed E-state index contributed by atoms with van der Waals surface area (Å²) in [6, 6.07) is 0. The van der Waals surface area contributed by atoms with Crippen molar-refractivity contribution in [3.8, 4) is 0 Å². The van der Waals surface area contributed by atoms with Crippen LogP contribution in [-0.2, 0) is 9.53 Å². The van der Waals surface area contributed by atoms with Gasteiger partial charge in [-0.15, -0.1) is 0 Å². The zero-order valence-corrected chi connectivity index (χ0v) is 9.21. The average Bonchev–Trinajstić information content (AvgIpc) is 2.88. The van der Waals surface area contributed by atoms with Crippen LogP contribution >= 0.6 is 0 Å². The number of hydrogen-bond donors (Lipinski definition) is 0. The normalized spacial score (nSPS) is 19.0. The van der Waals surface area contributed by atoms with E-state index in [1.54, 1.807) is 0 Å². The molecule has 1 aliphatic rings. The topological polar surface area (TPSA) is 26.3 Å². The Morgan fingerprint density at radius 3 is 2.86 bits per heavy atom. The van der Waals surface area contributed by atoms with E-state index in [1.165, 1.54) is 44.6 Å². The zero-order valence-electron chi connectivity index (χ0n) is 9.21. The van der Waals surface area contributed by atoms with Crippen LogP contribution in [0.5, 0.6) is 0 Å². The van der Waals surface area contributed by atoms with Crippen molar-refractivity contribution in [2.45, 2.75) is 46.0 Å². The molecule has 14 heavy (non-hydrogen) atoms. The first-order valence-corrected chi connectivity index (χ1v) is 5.58. The van der Waals surface area contributed by atoms with Crippen molar-refractivity contribution in [2.75, 3.05) is 6.61 Å². The van der Waals surface area contributed by atoms with E-state index in [1.807, 2.05) is 0 Å². The molecule has 80 valence electrons. The summed E-state index contributed by atoms with van der Waals surface area (Å²) < 4.78 is 4.93. The molecular formula is C12H20O2. The van der Waals surface area contributed by atoms with Crippen LogP contribution in [0.15, 0.2) is 11.6 Å². The number of unbranched alkanes of at least 4 members (excludes halogenated alkanes) is 3. The minimum Gasteiger partial charge on any atom is -0.465 e. The van der Waals surface area contributed by atoms with Gasteiger partial charge in [-0.25, -0.2) is 0 Å². The van der Waals surface area contributed by atoms with Gasteiger partial charge in [0.15, 0.2) is 0 Å². The number of rotatable bonds is 7. The Hall–Kier alpha value is -0.790. The summed E-state index contributed by atoms with van der Waals surface area (Å²) in [4.78, 5) is 10.5. The lowest BCUT2D eigenvalue weighted by molar-refractivity contribution is -0.141. The maximum absolute atomic E-state index is 10.5. The number of ether oxygens (including phenoxy) is 1. The predicted molar refractivity (Wildman–Crippen MR) is 57.0 cm³/mol. The summed E-state index contributed by atoms with van der Waals surface area (Å²) in [7, 11) is 0. The van der Waals surface area contributed by atoms with Crippen LogP contribution < -0.4 is 0 Å². The summed E-state index contributed by atoms with van der Waals surface area (Å²) in [5.41, 5.74) is 1.49. The molecule has 0 bridgehead atoms. The molecule has 2 heteroatoms. The summed E-state index contributed by atoms with van der Waals surface area (Å²) in [6.07, 6.45) is 8.66. The lowest BCUT2D eigenvalue weighted by Gasteiger charge is -2.01. The fourth-order valence-electron chi connectivity index (χ4n) is 1.60. The lowest BCUT2D eigenvalue weighted by Crippen LogP contribution is -2.03. The molecule has 1 rings (SSSR count). The predicted octanol–water partition coefficient (Wildman–Crippen LogP) is 3.08. The van der Waals surface area contributed by atoms with Crippen molar-refractivity contribution >= 4 is 5.97 Å².